The molecule has 1 N–H and O–H groups in total. The normalized spacial score (nSPS) is 8.29. The second-order valence-electron chi connectivity index (χ2n) is 3.35. The lowest BCUT2D eigenvalue weighted by Crippen LogP contribution is -2.25. The molecule has 0 aliphatic rings. The number of benzene rings is 1. The summed E-state index contributed by atoms with van der Waals surface area (Å²) in [5.41, 5.74) is 0.435. The van der Waals surface area contributed by atoms with Gasteiger partial charge in [-0.15, -0.1) is 0 Å². The lowest BCUT2D eigenvalue weighted by molar-refractivity contribution is -0.119. The summed E-state index contributed by atoms with van der Waals surface area (Å²) < 4.78 is 9.97. The highest BCUT2D eigenvalue weighted by Crippen LogP contribution is 2.13. The first-order valence-corrected chi connectivity index (χ1v) is 7.19. The lowest BCUT2D eigenvalue weighted by Gasteiger charge is -2.07. The Balaban J connectivity index is 0. The Labute approximate surface area is 127 Å². The minimum atomic E-state index is -0.405. The summed E-state index contributed by atoms with van der Waals surface area (Å²) >= 11 is 0. The van der Waals surface area contributed by atoms with Crippen LogP contribution in [0.4, 0.5) is 0 Å². The summed E-state index contributed by atoms with van der Waals surface area (Å²) in [7, 11) is 1.33. The molecule has 0 radical (unpaired) electrons. The van der Waals surface area contributed by atoms with Crippen LogP contribution in [0.25, 0.3) is 0 Å². The van der Waals surface area contributed by atoms with Gasteiger partial charge in [-0.25, -0.2) is 4.79 Å². The second kappa shape index (κ2) is 14.4. The molecule has 1 aromatic rings. The van der Waals surface area contributed by atoms with Crippen LogP contribution < -0.4 is 10.1 Å². The maximum atomic E-state index is 11.3. The number of hydrogen-bond donors (Lipinski definition) is 1. The van der Waals surface area contributed by atoms with E-state index in [1.165, 1.54) is 14.0 Å². The molecule has 120 valence electrons. The minimum absolute atomic E-state index is 0.100. The molecule has 5 nitrogen and oxygen atoms in total. The molecular formula is C16H27NO4. The van der Waals surface area contributed by atoms with Gasteiger partial charge in [0.15, 0.2) is 0 Å². The van der Waals surface area contributed by atoms with Crippen molar-refractivity contribution in [3.63, 3.8) is 0 Å². The number of nitrogens with one attached hydrogen (secondary N) is 1. The molecule has 0 heterocycles. The predicted octanol–water partition coefficient (Wildman–Crippen LogP) is 3.04. The van der Waals surface area contributed by atoms with E-state index in [9.17, 15) is 9.59 Å². The zero-order chi connectivity index (χ0) is 16.7. The highest BCUT2D eigenvalue weighted by atomic mass is 16.5. The molecule has 0 saturated heterocycles. The van der Waals surface area contributed by atoms with Crippen LogP contribution in [0.2, 0.25) is 0 Å². The van der Waals surface area contributed by atoms with Crippen LogP contribution in [0, 0.1) is 0 Å². The third kappa shape index (κ3) is 10.4. The van der Waals surface area contributed by atoms with E-state index in [4.69, 9.17) is 4.74 Å². The Morgan fingerprint density at radius 2 is 1.76 bits per heavy atom. The topological polar surface area (TPSA) is 64.6 Å². The molecule has 5 heteroatoms. The van der Waals surface area contributed by atoms with Crippen LogP contribution in [0.1, 0.15) is 45.0 Å². The quantitative estimate of drug-likeness (QED) is 0.670. The third-order valence-electron chi connectivity index (χ3n) is 2.00. The molecule has 1 rings (SSSR count). The van der Waals surface area contributed by atoms with Crippen LogP contribution in [0.5, 0.6) is 5.75 Å². The number of methoxy groups -OCH3 is 1. The molecule has 0 spiro atoms. The number of hydrogen-bond acceptors (Lipinski definition) is 4. The Morgan fingerprint density at radius 3 is 2.29 bits per heavy atom. The molecule has 0 aromatic heterocycles. The van der Waals surface area contributed by atoms with Gasteiger partial charge in [-0.2, -0.15) is 0 Å². The number of rotatable bonds is 5. The number of carbonyl (C=O) groups is 2. The smallest absolute Gasteiger partial charge is 0.337 e. The standard InChI is InChI=1S/C12H15NO4.2C2H6/c1-9(14)13-6-7-17-11-5-3-4-10(8-11)12(15)16-2;2*1-2/h3-5,8H,6-7H2,1-2H3,(H,13,14);2*1-2H3. The zero-order valence-electron chi connectivity index (χ0n) is 13.9. The largest absolute Gasteiger partial charge is 0.492 e. The Kier molecular flexibility index (Phi) is 14.5. The van der Waals surface area contributed by atoms with Crippen LogP contribution in [-0.4, -0.2) is 32.1 Å². The molecule has 21 heavy (non-hydrogen) atoms. The number of carbonyl (C=O) groups excluding carboxylic acids is 2. The van der Waals surface area contributed by atoms with E-state index < -0.39 is 5.97 Å². The van der Waals surface area contributed by atoms with Gasteiger partial charge >= 0.3 is 5.97 Å². The van der Waals surface area contributed by atoms with Crippen molar-refractivity contribution in [1.29, 1.82) is 0 Å². The van der Waals surface area contributed by atoms with Gasteiger partial charge in [-0.05, 0) is 18.2 Å². The van der Waals surface area contributed by atoms with Gasteiger partial charge in [0, 0.05) is 6.92 Å². The molecule has 0 fully saturated rings. The van der Waals surface area contributed by atoms with Crippen LogP contribution >= 0.6 is 0 Å². The molecule has 0 bridgehead atoms. The van der Waals surface area contributed by atoms with E-state index >= 15 is 0 Å². The van der Waals surface area contributed by atoms with Crippen molar-refractivity contribution in [2.75, 3.05) is 20.3 Å². The predicted molar refractivity (Wildman–Crippen MR) is 84.7 cm³/mol. The monoisotopic (exact) mass is 297 g/mol. The van der Waals surface area contributed by atoms with Gasteiger partial charge in [0.25, 0.3) is 0 Å². The molecule has 0 saturated carbocycles. The van der Waals surface area contributed by atoms with E-state index in [1.54, 1.807) is 24.3 Å². The van der Waals surface area contributed by atoms with Crippen LogP contribution in [0.3, 0.4) is 0 Å². The highest BCUT2D eigenvalue weighted by Gasteiger charge is 2.05. The van der Waals surface area contributed by atoms with Crippen molar-refractivity contribution in [2.24, 2.45) is 0 Å². The maximum Gasteiger partial charge on any atom is 0.337 e. The Hall–Kier alpha value is -2.04. The van der Waals surface area contributed by atoms with Gasteiger partial charge in [0.1, 0.15) is 12.4 Å². The summed E-state index contributed by atoms with van der Waals surface area (Å²) in [6.45, 7) is 10.2. The Morgan fingerprint density at radius 1 is 1.14 bits per heavy atom. The average molecular weight is 297 g/mol. The second-order valence-corrected chi connectivity index (χ2v) is 3.35. The van der Waals surface area contributed by atoms with E-state index in [2.05, 4.69) is 10.1 Å². The molecule has 0 atom stereocenters. The zero-order valence-corrected chi connectivity index (χ0v) is 13.9. The maximum absolute atomic E-state index is 11.3. The number of amides is 1. The molecule has 0 aliphatic heterocycles. The van der Waals surface area contributed by atoms with E-state index in [1.807, 2.05) is 27.7 Å². The summed E-state index contributed by atoms with van der Waals surface area (Å²) in [6, 6.07) is 6.69. The molecule has 0 unspecified atom stereocenters. The van der Waals surface area contributed by atoms with Crippen molar-refractivity contribution in [3.05, 3.63) is 29.8 Å². The van der Waals surface area contributed by atoms with Gasteiger partial charge in [0.05, 0.1) is 19.2 Å². The average Bonchev–Trinajstić information content (AvgIpc) is 2.54. The summed E-state index contributed by atoms with van der Waals surface area (Å²) in [5, 5.41) is 2.61. The summed E-state index contributed by atoms with van der Waals surface area (Å²) in [4.78, 5) is 21.9. The van der Waals surface area contributed by atoms with Crippen molar-refractivity contribution in [1.82, 2.24) is 5.32 Å². The first-order valence-electron chi connectivity index (χ1n) is 7.19. The van der Waals surface area contributed by atoms with Crippen molar-refractivity contribution in [2.45, 2.75) is 34.6 Å². The van der Waals surface area contributed by atoms with Crippen LogP contribution in [-0.2, 0) is 9.53 Å². The number of esters is 1. The molecule has 1 amide bonds. The number of ether oxygens (including phenoxy) is 2. The fourth-order valence-corrected chi connectivity index (χ4v) is 1.23. The van der Waals surface area contributed by atoms with Crippen molar-refractivity contribution >= 4 is 11.9 Å². The van der Waals surface area contributed by atoms with E-state index in [0.29, 0.717) is 24.5 Å². The van der Waals surface area contributed by atoms with E-state index in [0.717, 1.165) is 0 Å². The third-order valence-corrected chi connectivity index (χ3v) is 2.00. The highest BCUT2D eigenvalue weighted by molar-refractivity contribution is 5.89. The van der Waals surface area contributed by atoms with Crippen molar-refractivity contribution < 1.29 is 19.1 Å². The fourth-order valence-electron chi connectivity index (χ4n) is 1.23. The fraction of sp³-hybridized carbons (Fsp3) is 0.500. The lowest BCUT2D eigenvalue weighted by atomic mass is 10.2. The molecular weight excluding hydrogens is 270 g/mol. The molecule has 0 aliphatic carbocycles. The van der Waals surface area contributed by atoms with Gasteiger partial charge in [-0.3, -0.25) is 4.79 Å². The minimum Gasteiger partial charge on any atom is -0.492 e. The summed E-state index contributed by atoms with van der Waals surface area (Å²) in [6.07, 6.45) is 0. The Bertz CT molecular complexity index is 405. The van der Waals surface area contributed by atoms with Gasteiger partial charge in [0.2, 0.25) is 5.91 Å². The SMILES string of the molecule is CC.CC.COC(=O)c1cccc(OCCNC(C)=O)c1. The van der Waals surface area contributed by atoms with Crippen molar-refractivity contribution in [3.8, 4) is 5.75 Å². The summed E-state index contributed by atoms with van der Waals surface area (Å²) in [5.74, 6) is 0.0625. The first-order chi connectivity index (χ1) is 10.1. The molecule has 1 aromatic carbocycles. The van der Waals surface area contributed by atoms with Gasteiger partial charge < -0.3 is 14.8 Å². The van der Waals surface area contributed by atoms with E-state index in [-0.39, 0.29) is 5.91 Å². The van der Waals surface area contributed by atoms with Gasteiger partial charge in [-0.1, -0.05) is 33.8 Å². The van der Waals surface area contributed by atoms with Crippen LogP contribution in [0.15, 0.2) is 24.3 Å². The first kappa shape index (κ1) is 21.3.